The highest BCUT2D eigenvalue weighted by molar-refractivity contribution is 7.25. The van der Waals surface area contributed by atoms with E-state index in [2.05, 4.69) is 187 Å². The van der Waals surface area contributed by atoms with Crippen LogP contribution in [0.3, 0.4) is 0 Å². The molecule has 0 amide bonds. The van der Waals surface area contributed by atoms with E-state index in [0.29, 0.717) is 5.92 Å². The lowest BCUT2D eigenvalue weighted by Gasteiger charge is -2.20. The van der Waals surface area contributed by atoms with E-state index in [1.165, 1.54) is 97.7 Å². The van der Waals surface area contributed by atoms with Gasteiger partial charge in [-0.15, -0.1) is 11.3 Å². The van der Waals surface area contributed by atoms with Gasteiger partial charge in [-0.3, -0.25) is 0 Å². The number of para-hydroxylation sites is 2. The molecule has 2 heterocycles. The van der Waals surface area contributed by atoms with E-state index in [4.69, 9.17) is 0 Å². The quantitative estimate of drug-likeness (QED) is 0.173. The summed E-state index contributed by atoms with van der Waals surface area (Å²) in [6, 6.07) is 67.8. The lowest BCUT2D eigenvalue weighted by molar-refractivity contribution is 0.726. The summed E-state index contributed by atoms with van der Waals surface area (Å²) >= 11 is 1.88. The molecule has 1 aliphatic rings. The number of rotatable bonds is 4. The van der Waals surface area contributed by atoms with Crippen molar-refractivity contribution in [2.45, 2.75) is 18.8 Å². The Hall–Kier alpha value is -6.22. The van der Waals surface area contributed by atoms with Crippen molar-refractivity contribution in [1.29, 1.82) is 0 Å². The largest absolute Gasteiger partial charge is 0.309 e. The summed E-state index contributed by atoms with van der Waals surface area (Å²) in [5.41, 5.74) is 15.6. The molecule has 2 heteroatoms. The summed E-state index contributed by atoms with van der Waals surface area (Å²) in [6.45, 7) is 0. The topological polar surface area (TPSA) is 4.93 Å². The maximum atomic E-state index is 2.46. The highest BCUT2D eigenvalue weighted by Crippen LogP contribution is 2.44. The monoisotopic (exact) mass is 693 g/mol. The third kappa shape index (κ3) is 4.98. The molecule has 0 spiro atoms. The van der Waals surface area contributed by atoms with Crippen molar-refractivity contribution < 1.29 is 0 Å². The first-order valence-corrected chi connectivity index (χ1v) is 19.4. The molecule has 1 nitrogen and oxygen atoms in total. The van der Waals surface area contributed by atoms with Crippen molar-refractivity contribution in [3.05, 3.63) is 199 Å². The number of hydrogen-bond donors (Lipinski definition) is 0. The predicted molar refractivity (Wildman–Crippen MR) is 227 cm³/mol. The maximum Gasteiger partial charge on any atom is 0.0541 e. The van der Waals surface area contributed by atoms with Crippen molar-refractivity contribution in [3.8, 4) is 39.1 Å². The Morgan fingerprint density at radius 2 is 1.09 bits per heavy atom. The standard InChI is InChI=1S/C51H35NS/c1-2-11-39(12-3-1)52-48-16-8-6-14-43(48)47-31-37(25-29-49(47)52)36-23-27-42-41(26-22-34-10-4-5-13-40(34)46(42)30-36)35-20-18-33(19-21-35)38-24-28-45-44-15-7-9-17-50(44)53-51(45)32-38/h1-21,23-25,27-32,41H,22,26H2. The molecule has 1 atom stereocenters. The van der Waals surface area contributed by atoms with Crippen molar-refractivity contribution in [2.24, 2.45) is 0 Å². The van der Waals surface area contributed by atoms with Crippen molar-refractivity contribution in [1.82, 2.24) is 4.57 Å². The number of fused-ring (bicyclic) bond motifs is 9. The molecule has 53 heavy (non-hydrogen) atoms. The minimum absolute atomic E-state index is 0.317. The first kappa shape index (κ1) is 30.4. The van der Waals surface area contributed by atoms with Gasteiger partial charge in [0.05, 0.1) is 11.0 Å². The molecule has 250 valence electrons. The van der Waals surface area contributed by atoms with Gasteiger partial charge in [-0.05, 0) is 111 Å². The molecule has 0 saturated carbocycles. The summed E-state index contributed by atoms with van der Waals surface area (Å²) in [5, 5.41) is 5.25. The van der Waals surface area contributed by atoms with E-state index >= 15 is 0 Å². The van der Waals surface area contributed by atoms with Crippen LogP contribution < -0.4 is 0 Å². The van der Waals surface area contributed by atoms with Crippen LogP contribution >= 0.6 is 11.3 Å². The van der Waals surface area contributed by atoms with E-state index in [1.54, 1.807) is 0 Å². The first-order valence-electron chi connectivity index (χ1n) is 18.6. The van der Waals surface area contributed by atoms with Crippen LogP contribution in [0, 0.1) is 0 Å². The average molecular weight is 694 g/mol. The molecule has 1 aliphatic carbocycles. The fraction of sp³-hybridized carbons (Fsp3) is 0.0588. The van der Waals surface area contributed by atoms with Gasteiger partial charge in [0.2, 0.25) is 0 Å². The second-order valence-corrected chi connectivity index (χ2v) is 15.5. The molecule has 0 radical (unpaired) electrons. The Morgan fingerprint density at radius 1 is 0.434 bits per heavy atom. The van der Waals surface area contributed by atoms with E-state index in [-0.39, 0.29) is 0 Å². The smallest absolute Gasteiger partial charge is 0.0541 e. The zero-order valence-electron chi connectivity index (χ0n) is 29.2. The Bertz CT molecular complexity index is 3000. The Kier molecular flexibility index (Phi) is 6.99. The van der Waals surface area contributed by atoms with Crippen molar-refractivity contribution in [2.75, 3.05) is 0 Å². The molecule has 0 aliphatic heterocycles. The zero-order chi connectivity index (χ0) is 34.9. The Balaban J connectivity index is 0.992. The Labute approximate surface area is 313 Å². The molecule has 11 rings (SSSR count). The van der Waals surface area contributed by atoms with Gasteiger partial charge in [-0.2, -0.15) is 0 Å². The van der Waals surface area contributed by atoms with E-state index in [0.717, 1.165) is 12.8 Å². The highest BCUT2D eigenvalue weighted by Gasteiger charge is 2.24. The normalized spacial score (nSPS) is 14.1. The summed E-state index contributed by atoms with van der Waals surface area (Å²) in [7, 11) is 0. The van der Waals surface area contributed by atoms with Crippen molar-refractivity contribution >= 4 is 53.3 Å². The molecular formula is C51H35NS. The molecule has 0 bridgehead atoms. The molecule has 10 aromatic rings. The van der Waals surface area contributed by atoms with Crippen LogP contribution in [0.2, 0.25) is 0 Å². The number of aryl methyl sites for hydroxylation is 1. The zero-order valence-corrected chi connectivity index (χ0v) is 30.0. The fourth-order valence-corrected chi connectivity index (χ4v) is 10.0. The van der Waals surface area contributed by atoms with Crippen molar-refractivity contribution in [3.63, 3.8) is 0 Å². The predicted octanol–water partition coefficient (Wildman–Crippen LogP) is 14.2. The average Bonchev–Trinajstić information content (AvgIpc) is 3.71. The second kappa shape index (κ2) is 12.2. The summed E-state index contributed by atoms with van der Waals surface area (Å²) in [5.74, 6) is 0.317. The summed E-state index contributed by atoms with van der Waals surface area (Å²) in [6.07, 6.45) is 2.14. The van der Waals surface area contributed by atoms with Gasteiger partial charge in [-0.1, -0.05) is 133 Å². The number of nitrogens with zero attached hydrogens (tertiary/aromatic N) is 1. The van der Waals surface area contributed by atoms with Gasteiger partial charge in [0.15, 0.2) is 0 Å². The highest BCUT2D eigenvalue weighted by atomic mass is 32.1. The number of benzene rings is 8. The summed E-state index contributed by atoms with van der Waals surface area (Å²) in [4.78, 5) is 0. The SMILES string of the molecule is c1ccc(-n2c3ccccc3c3cc(-c4ccc5c(c4)-c4ccccc4CCC5c4ccc(-c5ccc6c(c5)sc5ccccc56)cc4)ccc32)cc1. The van der Waals surface area contributed by atoms with Gasteiger partial charge in [0, 0.05) is 42.6 Å². The van der Waals surface area contributed by atoms with Crippen LogP contribution in [0.25, 0.3) is 81.0 Å². The third-order valence-corrected chi connectivity index (χ3v) is 12.6. The fourth-order valence-electron chi connectivity index (χ4n) is 8.90. The van der Waals surface area contributed by atoms with Gasteiger partial charge in [-0.25, -0.2) is 0 Å². The Morgan fingerprint density at radius 3 is 2.00 bits per heavy atom. The minimum atomic E-state index is 0.317. The number of thiophene rings is 1. The van der Waals surface area contributed by atoms with E-state index in [1.807, 2.05) is 11.3 Å². The molecule has 0 fully saturated rings. The van der Waals surface area contributed by atoms with E-state index < -0.39 is 0 Å². The van der Waals surface area contributed by atoms with Gasteiger partial charge >= 0.3 is 0 Å². The lowest BCUT2D eigenvalue weighted by atomic mass is 9.84. The van der Waals surface area contributed by atoms with Gasteiger partial charge in [0.1, 0.15) is 0 Å². The third-order valence-electron chi connectivity index (χ3n) is 11.5. The van der Waals surface area contributed by atoms with Crippen LogP contribution in [0.15, 0.2) is 182 Å². The molecule has 0 N–H and O–H groups in total. The molecule has 0 saturated heterocycles. The maximum absolute atomic E-state index is 2.46. The molecular weight excluding hydrogens is 659 g/mol. The molecule has 1 unspecified atom stereocenters. The van der Waals surface area contributed by atoms with Crippen LogP contribution in [0.1, 0.15) is 29.0 Å². The van der Waals surface area contributed by atoms with Crippen LogP contribution in [0.4, 0.5) is 0 Å². The number of hydrogen-bond acceptors (Lipinski definition) is 1. The second-order valence-electron chi connectivity index (χ2n) is 14.4. The van der Waals surface area contributed by atoms with Gasteiger partial charge < -0.3 is 4.57 Å². The minimum Gasteiger partial charge on any atom is -0.309 e. The molecule has 2 aromatic heterocycles. The lowest BCUT2D eigenvalue weighted by Crippen LogP contribution is -2.02. The van der Waals surface area contributed by atoms with Crippen LogP contribution in [-0.2, 0) is 6.42 Å². The number of aromatic nitrogens is 1. The van der Waals surface area contributed by atoms with Gasteiger partial charge in [0.25, 0.3) is 0 Å². The van der Waals surface area contributed by atoms with E-state index in [9.17, 15) is 0 Å². The molecule has 8 aromatic carbocycles. The summed E-state index contributed by atoms with van der Waals surface area (Å²) < 4.78 is 5.09. The van der Waals surface area contributed by atoms with Crippen LogP contribution in [-0.4, -0.2) is 4.57 Å². The first-order chi connectivity index (χ1) is 26.3. The van der Waals surface area contributed by atoms with Crippen LogP contribution in [0.5, 0.6) is 0 Å².